The molecule has 0 aromatic heterocycles. The van der Waals surface area contributed by atoms with Gasteiger partial charge in [-0.15, -0.1) is 0 Å². The molecule has 0 spiro atoms. The van der Waals surface area contributed by atoms with Crippen molar-refractivity contribution in [2.45, 2.75) is 26.1 Å². The van der Waals surface area contributed by atoms with E-state index >= 15 is 0 Å². The van der Waals surface area contributed by atoms with Crippen LogP contribution in [-0.4, -0.2) is 19.2 Å². The van der Waals surface area contributed by atoms with Gasteiger partial charge >= 0.3 is 0 Å². The Labute approximate surface area is 100 Å². The Morgan fingerprint density at radius 1 is 1.33 bits per heavy atom. The van der Waals surface area contributed by atoms with Crippen LogP contribution in [-0.2, 0) is 11.3 Å². The van der Waals surface area contributed by atoms with Crippen molar-refractivity contribution in [1.29, 1.82) is 0 Å². The second-order valence-electron chi connectivity index (χ2n) is 4.17. The molecule has 0 saturated carbocycles. The summed E-state index contributed by atoms with van der Waals surface area (Å²) in [5, 5.41) is 3.12. The molecule has 1 aromatic carbocycles. The molecule has 0 bridgehead atoms. The number of hydrogen-bond acceptors (Lipinski definition) is 2. The number of halogens is 1. The van der Waals surface area contributed by atoms with Crippen LogP contribution < -0.4 is 5.32 Å². The molecule has 1 aromatic rings. The van der Waals surface area contributed by atoms with Gasteiger partial charge in [0.2, 0.25) is 0 Å². The first kappa shape index (κ1) is 12.7. The lowest BCUT2D eigenvalue weighted by molar-refractivity contribution is -0.0269. The van der Waals surface area contributed by atoms with Gasteiger partial charge in [-0.2, -0.15) is 0 Å². The number of ether oxygens (including phenoxy) is 1. The highest BCUT2D eigenvalue weighted by Gasteiger charge is 2.17. The van der Waals surface area contributed by atoms with Crippen molar-refractivity contribution in [1.82, 2.24) is 5.32 Å². The van der Waals surface area contributed by atoms with E-state index in [4.69, 9.17) is 4.74 Å². The van der Waals surface area contributed by atoms with Crippen LogP contribution in [0.2, 0.25) is 0 Å². The fraction of sp³-hybridized carbons (Fsp3) is 0.500. The summed E-state index contributed by atoms with van der Waals surface area (Å²) >= 11 is 3.51. The van der Waals surface area contributed by atoms with E-state index in [1.807, 2.05) is 25.2 Å². The molecule has 2 nitrogen and oxygen atoms in total. The highest BCUT2D eigenvalue weighted by Crippen LogP contribution is 2.19. The predicted octanol–water partition coefficient (Wildman–Crippen LogP) is 2.96. The van der Waals surface area contributed by atoms with E-state index in [9.17, 15) is 0 Å². The van der Waals surface area contributed by atoms with Crippen LogP contribution >= 0.6 is 15.9 Å². The fourth-order valence-electron chi connectivity index (χ4n) is 1.37. The van der Waals surface area contributed by atoms with Crippen molar-refractivity contribution in [2.24, 2.45) is 0 Å². The number of rotatable bonds is 5. The highest BCUT2D eigenvalue weighted by molar-refractivity contribution is 9.10. The fourth-order valence-corrected chi connectivity index (χ4v) is 1.76. The highest BCUT2D eigenvalue weighted by atomic mass is 79.9. The predicted molar refractivity (Wildman–Crippen MR) is 66.9 cm³/mol. The van der Waals surface area contributed by atoms with Crippen LogP contribution in [0, 0.1) is 0 Å². The van der Waals surface area contributed by atoms with E-state index in [0.29, 0.717) is 6.61 Å². The number of hydrogen-bond donors (Lipinski definition) is 1. The molecule has 0 aliphatic heterocycles. The third-order valence-corrected chi connectivity index (χ3v) is 2.95. The van der Waals surface area contributed by atoms with E-state index in [1.54, 1.807) is 0 Å². The molecule has 0 saturated heterocycles. The van der Waals surface area contributed by atoms with Gasteiger partial charge in [0.05, 0.1) is 12.2 Å². The summed E-state index contributed by atoms with van der Waals surface area (Å²) in [4.78, 5) is 0. The van der Waals surface area contributed by atoms with Crippen LogP contribution in [0.1, 0.15) is 19.4 Å². The molecule has 0 aliphatic rings. The quantitative estimate of drug-likeness (QED) is 0.889. The molecular weight excluding hydrogens is 254 g/mol. The third kappa shape index (κ3) is 4.33. The monoisotopic (exact) mass is 271 g/mol. The van der Waals surface area contributed by atoms with E-state index in [1.165, 1.54) is 5.56 Å². The summed E-state index contributed by atoms with van der Waals surface area (Å²) in [6.07, 6.45) is 0. The van der Waals surface area contributed by atoms with Gasteiger partial charge < -0.3 is 10.1 Å². The van der Waals surface area contributed by atoms with Gasteiger partial charge in [-0.05, 0) is 32.5 Å². The molecule has 0 heterocycles. The number of benzene rings is 1. The molecule has 0 amide bonds. The summed E-state index contributed by atoms with van der Waals surface area (Å²) in [7, 11) is 1.93. The molecule has 0 radical (unpaired) electrons. The molecule has 1 N–H and O–H groups in total. The lowest BCUT2D eigenvalue weighted by Crippen LogP contribution is -2.35. The molecule has 3 heteroatoms. The standard InChI is InChI=1S/C12H18BrNO/c1-12(2,9-14-3)15-8-10-6-4-5-7-11(10)13/h4-7,14H,8-9H2,1-3H3. The maximum absolute atomic E-state index is 5.84. The normalized spacial score (nSPS) is 11.7. The zero-order valence-corrected chi connectivity index (χ0v) is 11.1. The van der Waals surface area contributed by atoms with Crippen LogP contribution in [0.15, 0.2) is 28.7 Å². The molecule has 0 aliphatic carbocycles. The summed E-state index contributed by atoms with van der Waals surface area (Å²) < 4.78 is 6.95. The first-order valence-corrected chi connectivity index (χ1v) is 5.86. The van der Waals surface area contributed by atoms with Crippen molar-refractivity contribution >= 4 is 15.9 Å². The Balaban J connectivity index is 2.53. The van der Waals surface area contributed by atoms with Crippen LogP contribution in [0.3, 0.4) is 0 Å². The van der Waals surface area contributed by atoms with E-state index < -0.39 is 0 Å². The first-order valence-electron chi connectivity index (χ1n) is 5.07. The second kappa shape index (κ2) is 5.64. The van der Waals surface area contributed by atoms with Gasteiger partial charge in [0.15, 0.2) is 0 Å². The molecule has 0 unspecified atom stereocenters. The Bertz CT molecular complexity index is 312. The maximum atomic E-state index is 5.84. The minimum absolute atomic E-state index is 0.135. The summed E-state index contributed by atoms with van der Waals surface area (Å²) in [6.45, 7) is 5.65. The van der Waals surface area contributed by atoms with Crippen molar-refractivity contribution in [3.63, 3.8) is 0 Å². The van der Waals surface area contributed by atoms with E-state index in [-0.39, 0.29) is 5.60 Å². The first-order chi connectivity index (χ1) is 7.05. The molecule has 0 atom stereocenters. The zero-order valence-electron chi connectivity index (χ0n) is 9.51. The summed E-state index contributed by atoms with van der Waals surface area (Å²) in [5.74, 6) is 0. The van der Waals surface area contributed by atoms with Gasteiger partial charge in [0, 0.05) is 11.0 Å². The van der Waals surface area contributed by atoms with Gasteiger partial charge in [-0.25, -0.2) is 0 Å². The topological polar surface area (TPSA) is 21.3 Å². The van der Waals surface area contributed by atoms with Crippen molar-refractivity contribution in [2.75, 3.05) is 13.6 Å². The van der Waals surface area contributed by atoms with Crippen molar-refractivity contribution in [3.8, 4) is 0 Å². The Morgan fingerprint density at radius 3 is 2.60 bits per heavy atom. The molecular formula is C12H18BrNO. The van der Waals surface area contributed by atoms with Gasteiger partial charge in [-0.3, -0.25) is 0 Å². The second-order valence-corrected chi connectivity index (χ2v) is 5.02. The summed E-state index contributed by atoms with van der Waals surface area (Å²) in [6, 6.07) is 8.13. The third-order valence-electron chi connectivity index (χ3n) is 2.18. The van der Waals surface area contributed by atoms with Crippen molar-refractivity contribution in [3.05, 3.63) is 34.3 Å². The van der Waals surface area contributed by atoms with Gasteiger partial charge in [0.25, 0.3) is 0 Å². The molecule has 0 fully saturated rings. The van der Waals surface area contributed by atoms with E-state index in [2.05, 4.69) is 41.2 Å². The number of likely N-dealkylation sites (N-methyl/N-ethyl adjacent to an activating group) is 1. The average molecular weight is 272 g/mol. The van der Waals surface area contributed by atoms with E-state index in [0.717, 1.165) is 11.0 Å². The van der Waals surface area contributed by atoms with Crippen LogP contribution in [0.4, 0.5) is 0 Å². The van der Waals surface area contributed by atoms with Gasteiger partial charge in [-0.1, -0.05) is 34.1 Å². The average Bonchev–Trinajstić information content (AvgIpc) is 2.16. The van der Waals surface area contributed by atoms with Crippen LogP contribution in [0.25, 0.3) is 0 Å². The van der Waals surface area contributed by atoms with Gasteiger partial charge in [0.1, 0.15) is 0 Å². The molecule has 1 rings (SSSR count). The summed E-state index contributed by atoms with van der Waals surface area (Å²) in [5.41, 5.74) is 1.05. The minimum Gasteiger partial charge on any atom is -0.370 e. The minimum atomic E-state index is -0.135. The Morgan fingerprint density at radius 2 is 2.00 bits per heavy atom. The van der Waals surface area contributed by atoms with Crippen molar-refractivity contribution < 1.29 is 4.74 Å². The largest absolute Gasteiger partial charge is 0.370 e. The lowest BCUT2D eigenvalue weighted by Gasteiger charge is -2.25. The maximum Gasteiger partial charge on any atom is 0.0754 e. The molecule has 15 heavy (non-hydrogen) atoms. The lowest BCUT2D eigenvalue weighted by atomic mass is 10.1. The molecule has 84 valence electrons. The SMILES string of the molecule is CNCC(C)(C)OCc1ccccc1Br. The number of nitrogens with one attached hydrogen (secondary N) is 1. The Kier molecular flexibility index (Phi) is 4.77. The smallest absolute Gasteiger partial charge is 0.0754 e. The zero-order chi connectivity index (χ0) is 11.3. The Hall–Kier alpha value is -0.380. The van der Waals surface area contributed by atoms with Crippen LogP contribution in [0.5, 0.6) is 0 Å².